The van der Waals surface area contributed by atoms with Gasteiger partial charge >= 0.3 is 0 Å². The summed E-state index contributed by atoms with van der Waals surface area (Å²) >= 11 is 0. The van der Waals surface area contributed by atoms with Gasteiger partial charge in [0.25, 0.3) is 5.91 Å². The molecule has 4 rings (SSSR count). The molecule has 7 nitrogen and oxygen atoms in total. The molecule has 150 valence electrons. The molecular formula is C18H27ClN4O3S. The van der Waals surface area contributed by atoms with Crippen molar-refractivity contribution in [1.82, 2.24) is 19.8 Å². The van der Waals surface area contributed by atoms with Crippen LogP contribution in [0.15, 0.2) is 29.2 Å². The van der Waals surface area contributed by atoms with E-state index in [9.17, 15) is 13.2 Å². The van der Waals surface area contributed by atoms with Gasteiger partial charge < -0.3 is 10.2 Å². The molecule has 1 aromatic rings. The summed E-state index contributed by atoms with van der Waals surface area (Å²) in [6.07, 6.45) is 2.81. The molecule has 27 heavy (non-hydrogen) atoms. The lowest BCUT2D eigenvalue weighted by molar-refractivity contribution is 0.0773. The van der Waals surface area contributed by atoms with Gasteiger partial charge in [-0.1, -0.05) is 0 Å². The van der Waals surface area contributed by atoms with Crippen LogP contribution in [0.5, 0.6) is 0 Å². The lowest BCUT2D eigenvalue weighted by Crippen LogP contribution is -2.49. The van der Waals surface area contributed by atoms with Gasteiger partial charge in [-0.05, 0) is 43.5 Å². The normalized spacial score (nSPS) is 23.9. The number of nitrogens with one attached hydrogen (secondary N) is 2. The highest BCUT2D eigenvalue weighted by molar-refractivity contribution is 7.89. The van der Waals surface area contributed by atoms with Crippen molar-refractivity contribution in [3.63, 3.8) is 0 Å². The van der Waals surface area contributed by atoms with E-state index < -0.39 is 10.0 Å². The van der Waals surface area contributed by atoms with Crippen molar-refractivity contribution >= 4 is 28.3 Å². The van der Waals surface area contributed by atoms with E-state index in [0.29, 0.717) is 11.6 Å². The Bertz CT molecular complexity index is 761. The highest BCUT2D eigenvalue weighted by Gasteiger charge is 2.32. The summed E-state index contributed by atoms with van der Waals surface area (Å²) in [7, 11) is -3.47. The van der Waals surface area contributed by atoms with Crippen LogP contribution in [-0.2, 0) is 10.0 Å². The van der Waals surface area contributed by atoms with Crippen molar-refractivity contribution in [3.8, 4) is 0 Å². The van der Waals surface area contributed by atoms with E-state index in [2.05, 4.69) is 14.9 Å². The molecule has 0 spiro atoms. The molecule has 0 bridgehead atoms. The minimum absolute atomic E-state index is 0. The average Bonchev–Trinajstić information content (AvgIpc) is 3.32. The number of likely N-dealkylation sites (tertiary alicyclic amines) is 1. The predicted octanol–water partition coefficient (Wildman–Crippen LogP) is 0.669. The summed E-state index contributed by atoms with van der Waals surface area (Å²) in [5, 5.41) is 3.35. The van der Waals surface area contributed by atoms with E-state index in [4.69, 9.17) is 0 Å². The standard InChI is InChI=1S/C18H26N4O3S.ClH/c23-18(22-10-7-16(13-22)21-11-8-19-9-12-21)14-1-5-17(6-2-14)26(24,25)20-15-3-4-15;/h1-2,5-6,15-16,19-20H,3-4,7-13H2;1H. The molecule has 1 atom stereocenters. The van der Waals surface area contributed by atoms with Crippen LogP contribution in [0.1, 0.15) is 29.6 Å². The molecule has 2 heterocycles. The topological polar surface area (TPSA) is 81.8 Å². The fourth-order valence-electron chi connectivity index (χ4n) is 3.72. The maximum absolute atomic E-state index is 12.8. The average molecular weight is 415 g/mol. The number of piperazine rings is 1. The molecule has 2 N–H and O–H groups in total. The number of hydrogen-bond donors (Lipinski definition) is 2. The van der Waals surface area contributed by atoms with Gasteiger partial charge in [-0.3, -0.25) is 9.69 Å². The molecule has 1 amide bonds. The van der Waals surface area contributed by atoms with E-state index in [1.165, 1.54) is 12.1 Å². The maximum Gasteiger partial charge on any atom is 0.253 e. The smallest absolute Gasteiger partial charge is 0.253 e. The largest absolute Gasteiger partial charge is 0.337 e. The molecule has 1 aromatic carbocycles. The van der Waals surface area contributed by atoms with Gasteiger partial charge in [-0.15, -0.1) is 12.4 Å². The maximum atomic E-state index is 12.8. The number of carbonyl (C=O) groups excluding carboxylic acids is 1. The fraction of sp³-hybridized carbons (Fsp3) is 0.611. The van der Waals surface area contributed by atoms with Crippen LogP contribution in [0.2, 0.25) is 0 Å². The first-order chi connectivity index (χ1) is 12.5. The highest BCUT2D eigenvalue weighted by atomic mass is 35.5. The zero-order valence-corrected chi connectivity index (χ0v) is 16.9. The minimum Gasteiger partial charge on any atom is -0.337 e. The Hall–Kier alpha value is -1.19. The van der Waals surface area contributed by atoms with Crippen LogP contribution < -0.4 is 10.0 Å². The lowest BCUT2D eigenvalue weighted by Gasteiger charge is -2.32. The van der Waals surface area contributed by atoms with Crippen molar-refractivity contribution in [2.45, 2.75) is 36.2 Å². The Balaban J connectivity index is 0.00000210. The molecule has 9 heteroatoms. The molecule has 0 radical (unpaired) electrons. The first kappa shape index (κ1) is 20.5. The van der Waals surface area contributed by atoms with Crippen molar-refractivity contribution in [2.75, 3.05) is 39.3 Å². The number of halogens is 1. The lowest BCUT2D eigenvalue weighted by atomic mass is 10.2. The van der Waals surface area contributed by atoms with E-state index in [0.717, 1.165) is 58.5 Å². The van der Waals surface area contributed by atoms with Gasteiger partial charge in [0.05, 0.1) is 4.90 Å². The summed E-state index contributed by atoms with van der Waals surface area (Å²) in [6.45, 7) is 5.60. The van der Waals surface area contributed by atoms with Crippen LogP contribution >= 0.6 is 12.4 Å². The molecule has 2 saturated heterocycles. The summed E-state index contributed by atoms with van der Waals surface area (Å²) in [4.78, 5) is 17.3. The third-order valence-electron chi connectivity index (χ3n) is 5.43. The van der Waals surface area contributed by atoms with Crippen molar-refractivity contribution < 1.29 is 13.2 Å². The van der Waals surface area contributed by atoms with Crippen molar-refractivity contribution in [2.24, 2.45) is 0 Å². The summed E-state index contributed by atoms with van der Waals surface area (Å²) in [5.41, 5.74) is 0.552. The van der Waals surface area contributed by atoms with E-state index in [1.807, 2.05) is 4.90 Å². The van der Waals surface area contributed by atoms with Crippen LogP contribution in [0.4, 0.5) is 0 Å². The summed E-state index contributed by atoms with van der Waals surface area (Å²) in [5.74, 6) is -0.0123. The van der Waals surface area contributed by atoms with Gasteiger partial charge in [0.2, 0.25) is 10.0 Å². The molecule has 3 aliphatic rings. The number of benzene rings is 1. The van der Waals surface area contributed by atoms with E-state index in [1.54, 1.807) is 12.1 Å². The van der Waals surface area contributed by atoms with Gasteiger partial charge in [0.1, 0.15) is 0 Å². The van der Waals surface area contributed by atoms with Gasteiger partial charge in [0.15, 0.2) is 0 Å². The SMILES string of the molecule is Cl.O=C(c1ccc(S(=O)(=O)NC2CC2)cc1)N1CCC(N2CCNCC2)C1. The van der Waals surface area contributed by atoms with Gasteiger partial charge in [-0.2, -0.15) is 0 Å². The van der Waals surface area contributed by atoms with Crippen LogP contribution in [0.25, 0.3) is 0 Å². The Labute approximate surface area is 166 Å². The first-order valence-corrected chi connectivity index (χ1v) is 10.9. The summed E-state index contributed by atoms with van der Waals surface area (Å²) < 4.78 is 27.1. The molecule has 1 unspecified atom stereocenters. The Kier molecular flexibility index (Phi) is 6.43. The number of amides is 1. The summed E-state index contributed by atoms with van der Waals surface area (Å²) in [6, 6.07) is 6.82. The molecule has 1 aliphatic carbocycles. The zero-order chi connectivity index (χ0) is 18.1. The minimum atomic E-state index is -3.47. The van der Waals surface area contributed by atoms with Crippen molar-refractivity contribution in [1.29, 1.82) is 0 Å². The third kappa shape index (κ3) is 4.81. The van der Waals surface area contributed by atoms with E-state index >= 15 is 0 Å². The second kappa shape index (κ2) is 8.45. The van der Waals surface area contributed by atoms with Crippen LogP contribution in [0.3, 0.4) is 0 Å². The molecule has 2 aliphatic heterocycles. The third-order valence-corrected chi connectivity index (χ3v) is 6.97. The molecule has 0 aromatic heterocycles. The van der Waals surface area contributed by atoms with Crippen molar-refractivity contribution in [3.05, 3.63) is 29.8 Å². The fourth-order valence-corrected chi connectivity index (χ4v) is 5.02. The van der Waals surface area contributed by atoms with Gasteiger partial charge in [0, 0.05) is 56.9 Å². The monoisotopic (exact) mass is 414 g/mol. The van der Waals surface area contributed by atoms with Gasteiger partial charge in [-0.25, -0.2) is 13.1 Å². The Morgan fingerprint density at radius 1 is 1.04 bits per heavy atom. The van der Waals surface area contributed by atoms with E-state index in [-0.39, 0.29) is 29.3 Å². The second-order valence-corrected chi connectivity index (χ2v) is 9.11. The Morgan fingerprint density at radius 3 is 2.33 bits per heavy atom. The van der Waals surface area contributed by atoms with Crippen LogP contribution in [-0.4, -0.2) is 75.5 Å². The number of sulfonamides is 1. The first-order valence-electron chi connectivity index (χ1n) is 9.39. The molecule has 3 fully saturated rings. The molecular weight excluding hydrogens is 388 g/mol. The number of nitrogens with zero attached hydrogens (tertiary/aromatic N) is 2. The Morgan fingerprint density at radius 2 is 1.70 bits per heavy atom. The number of hydrogen-bond acceptors (Lipinski definition) is 5. The second-order valence-electron chi connectivity index (χ2n) is 7.40. The number of carbonyl (C=O) groups is 1. The number of rotatable bonds is 5. The van der Waals surface area contributed by atoms with Crippen LogP contribution in [0, 0.1) is 0 Å². The molecule has 1 saturated carbocycles. The highest BCUT2D eigenvalue weighted by Crippen LogP contribution is 2.23. The zero-order valence-electron chi connectivity index (χ0n) is 15.3. The quantitative estimate of drug-likeness (QED) is 0.740. The predicted molar refractivity (Wildman–Crippen MR) is 106 cm³/mol.